The maximum atomic E-state index is 13.8. The molecule has 3 rings (SSSR count). The van der Waals surface area contributed by atoms with E-state index in [1.165, 1.54) is 7.11 Å². The van der Waals surface area contributed by atoms with Gasteiger partial charge in [-0.3, -0.25) is 24.0 Å². The number of rotatable bonds is 27. The molecule has 0 bridgehead atoms. The van der Waals surface area contributed by atoms with Gasteiger partial charge in [0.1, 0.15) is 29.5 Å². The van der Waals surface area contributed by atoms with Gasteiger partial charge in [0, 0.05) is 40.2 Å². The van der Waals surface area contributed by atoms with Crippen LogP contribution in [0.25, 0.3) is 0 Å². The first-order chi connectivity index (χ1) is 32.0. The lowest BCUT2D eigenvalue weighted by Crippen LogP contribution is -2.56. The Kier molecular flexibility index (Phi) is 22.7. The highest BCUT2D eigenvalue weighted by Crippen LogP contribution is 2.19. The molecule has 0 aliphatic carbocycles. The van der Waals surface area contributed by atoms with Crippen LogP contribution in [0.4, 0.5) is 4.79 Å². The number of alkyl carbamates (subject to hydrolysis) is 1. The molecule has 0 aliphatic rings. The van der Waals surface area contributed by atoms with E-state index in [1.807, 2.05) is 52.8 Å². The molecule has 20 heteroatoms. The minimum absolute atomic E-state index is 0.0261. The predicted molar refractivity (Wildman–Crippen MR) is 260 cm³/mol. The lowest BCUT2D eigenvalue weighted by Gasteiger charge is -2.24. The number of benzene rings is 2. The molecule has 6 amide bonds. The Labute approximate surface area is 401 Å². The standard InChI is InChI=1S/C48H73N9O10Si/c1-32(2)24-38(44(61)50-20-13-21-57-30-35(53-31-57)27-40(46(63)65-6)56-47(64)66-22-23-68(7,8)9)55-45(62)39(26-33-14-11-10-12-15-33)54-42(59)29-51-41(58)28-52-43(60)37(49)25-34-16-18-36(19-17-34)67-48(3,4)5/h10-12,14-19,30-32,37-40H,13,20-29,49H2,1-9H3,(H,50,61)(H,51,58)(H,52,60)(H,54,59)(H,55,62)(H,56,64)/t37-,38-,39-,40?/m0/s1. The molecule has 374 valence electrons. The molecule has 0 saturated carbocycles. The van der Waals surface area contributed by atoms with Crippen LogP contribution >= 0.6 is 0 Å². The Bertz CT molecular complexity index is 2100. The number of aromatic nitrogens is 2. The third kappa shape index (κ3) is 22.5. The zero-order valence-electron chi connectivity index (χ0n) is 41.1. The second-order valence-electron chi connectivity index (χ2n) is 19.3. The van der Waals surface area contributed by atoms with Crippen LogP contribution in [0.1, 0.15) is 64.3 Å². The second kappa shape index (κ2) is 27.5. The average Bonchev–Trinajstić information content (AvgIpc) is 3.71. The van der Waals surface area contributed by atoms with Gasteiger partial charge >= 0.3 is 12.1 Å². The number of carbonyl (C=O) groups excluding carboxylic acids is 7. The highest BCUT2D eigenvalue weighted by Gasteiger charge is 2.29. The van der Waals surface area contributed by atoms with Crippen molar-refractivity contribution in [2.24, 2.45) is 11.7 Å². The molecular weight excluding hydrogens is 891 g/mol. The highest BCUT2D eigenvalue weighted by atomic mass is 28.3. The van der Waals surface area contributed by atoms with Crippen molar-refractivity contribution in [3.8, 4) is 5.75 Å². The Morgan fingerprint density at radius 2 is 1.41 bits per heavy atom. The zero-order chi connectivity index (χ0) is 50.4. The van der Waals surface area contributed by atoms with Gasteiger partial charge in [-0.2, -0.15) is 0 Å². The van der Waals surface area contributed by atoms with Gasteiger partial charge in [0.05, 0.1) is 44.9 Å². The number of aryl methyl sites for hydroxylation is 1. The number of nitrogens with zero attached hydrogens (tertiary/aromatic N) is 2. The molecule has 68 heavy (non-hydrogen) atoms. The minimum atomic E-state index is -1.42. The van der Waals surface area contributed by atoms with Crippen LogP contribution in [0.15, 0.2) is 67.1 Å². The smallest absolute Gasteiger partial charge is 0.407 e. The summed E-state index contributed by atoms with van der Waals surface area (Å²) in [6, 6.07) is 13.1. The Hall–Kier alpha value is -6.28. The van der Waals surface area contributed by atoms with Crippen molar-refractivity contribution < 1.29 is 47.8 Å². The number of hydrogen-bond donors (Lipinski definition) is 7. The van der Waals surface area contributed by atoms with Gasteiger partial charge in [-0.25, -0.2) is 14.6 Å². The van der Waals surface area contributed by atoms with Crippen molar-refractivity contribution >= 4 is 49.7 Å². The number of imidazole rings is 1. The normalized spacial score (nSPS) is 13.2. The van der Waals surface area contributed by atoms with Gasteiger partial charge in [0.25, 0.3) is 0 Å². The molecule has 19 nitrogen and oxygen atoms in total. The summed E-state index contributed by atoms with van der Waals surface area (Å²) in [5, 5.41) is 15.9. The van der Waals surface area contributed by atoms with E-state index in [1.54, 1.807) is 53.5 Å². The molecule has 1 aromatic heterocycles. The monoisotopic (exact) mass is 964 g/mol. The summed E-state index contributed by atoms with van der Waals surface area (Å²) in [6.07, 6.45) is 3.86. The fourth-order valence-electron chi connectivity index (χ4n) is 6.62. The van der Waals surface area contributed by atoms with Crippen molar-refractivity contribution in [2.45, 2.75) is 129 Å². The van der Waals surface area contributed by atoms with E-state index in [-0.39, 0.29) is 43.9 Å². The summed E-state index contributed by atoms with van der Waals surface area (Å²) >= 11 is 0. The van der Waals surface area contributed by atoms with Crippen molar-refractivity contribution in [1.29, 1.82) is 0 Å². The Morgan fingerprint density at radius 1 is 0.750 bits per heavy atom. The lowest BCUT2D eigenvalue weighted by atomic mass is 10.0. The quantitative estimate of drug-likeness (QED) is 0.0331. The number of hydrogen-bond acceptors (Lipinski definition) is 12. The molecule has 3 aromatic rings. The number of amides is 6. The first-order valence-electron chi connectivity index (χ1n) is 23.0. The summed E-state index contributed by atoms with van der Waals surface area (Å²) in [6.45, 7) is 16.3. The molecule has 0 fully saturated rings. The van der Waals surface area contributed by atoms with E-state index < -0.39 is 86.9 Å². The molecule has 0 saturated heterocycles. The maximum Gasteiger partial charge on any atom is 0.407 e. The fraction of sp³-hybridized carbons (Fsp3) is 0.542. The summed E-state index contributed by atoms with van der Waals surface area (Å²) < 4.78 is 17.8. The number of methoxy groups -OCH3 is 1. The SMILES string of the molecule is COC(=O)C(Cc1cn(CCCNC(=O)[C@H](CC(C)C)NC(=O)[C@H](Cc2ccccc2)NC(=O)CNC(=O)CNC(=O)[C@@H](N)Cc2ccc(OC(C)(C)C)cc2)cn1)NC(=O)OCC[Si](C)(C)C. The third-order valence-electron chi connectivity index (χ3n) is 10.1. The van der Waals surface area contributed by atoms with Crippen LogP contribution in [-0.4, -0.2) is 122 Å². The maximum absolute atomic E-state index is 13.8. The van der Waals surface area contributed by atoms with Crippen LogP contribution in [-0.2, 0) is 64.0 Å². The Morgan fingerprint density at radius 3 is 2.04 bits per heavy atom. The zero-order valence-corrected chi connectivity index (χ0v) is 42.1. The first-order valence-corrected chi connectivity index (χ1v) is 26.7. The molecule has 0 aliphatic heterocycles. The van der Waals surface area contributed by atoms with E-state index in [9.17, 15) is 33.6 Å². The van der Waals surface area contributed by atoms with Crippen LogP contribution in [0.3, 0.4) is 0 Å². The molecule has 0 radical (unpaired) electrons. The largest absolute Gasteiger partial charge is 0.488 e. The third-order valence-corrected chi connectivity index (χ3v) is 11.8. The van der Waals surface area contributed by atoms with E-state index >= 15 is 0 Å². The second-order valence-corrected chi connectivity index (χ2v) is 24.9. The summed E-state index contributed by atoms with van der Waals surface area (Å²) in [7, 11) is -0.180. The molecule has 0 spiro atoms. The van der Waals surface area contributed by atoms with Gasteiger partial charge in [0.2, 0.25) is 29.5 Å². The van der Waals surface area contributed by atoms with Crippen LogP contribution in [0.5, 0.6) is 5.75 Å². The first kappa shape index (κ1) is 56.0. The number of ether oxygens (including phenoxy) is 3. The number of nitrogens with two attached hydrogens (primary N) is 1. The average molecular weight is 964 g/mol. The predicted octanol–water partition coefficient (Wildman–Crippen LogP) is 2.78. The number of esters is 1. The molecule has 2 aromatic carbocycles. The van der Waals surface area contributed by atoms with Crippen molar-refractivity contribution in [3.05, 3.63) is 83.9 Å². The van der Waals surface area contributed by atoms with Crippen molar-refractivity contribution in [1.82, 2.24) is 41.5 Å². The van der Waals surface area contributed by atoms with Crippen LogP contribution in [0.2, 0.25) is 25.7 Å². The van der Waals surface area contributed by atoms with E-state index in [0.29, 0.717) is 30.8 Å². The van der Waals surface area contributed by atoms with E-state index in [0.717, 1.165) is 17.2 Å². The summed E-state index contributed by atoms with van der Waals surface area (Å²) in [5.41, 5.74) is 7.85. The van der Waals surface area contributed by atoms with Gasteiger partial charge < -0.3 is 56.4 Å². The summed E-state index contributed by atoms with van der Waals surface area (Å²) in [5.74, 6) is -2.74. The van der Waals surface area contributed by atoms with Gasteiger partial charge in [0.15, 0.2) is 0 Å². The van der Waals surface area contributed by atoms with Crippen LogP contribution in [0, 0.1) is 5.92 Å². The van der Waals surface area contributed by atoms with Gasteiger partial charge in [-0.15, -0.1) is 0 Å². The van der Waals surface area contributed by atoms with Gasteiger partial charge in [-0.1, -0.05) is 76.0 Å². The van der Waals surface area contributed by atoms with Crippen molar-refractivity contribution in [3.63, 3.8) is 0 Å². The number of nitrogens with one attached hydrogen (secondary N) is 6. The molecular formula is C48H73N9O10Si. The topological polar surface area (TPSA) is 263 Å². The van der Waals surface area contributed by atoms with Crippen LogP contribution < -0.4 is 42.4 Å². The fourth-order valence-corrected chi connectivity index (χ4v) is 7.34. The molecule has 1 heterocycles. The minimum Gasteiger partial charge on any atom is -0.488 e. The highest BCUT2D eigenvalue weighted by molar-refractivity contribution is 6.76. The van der Waals surface area contributed by atoms with E-state index in [2.05, 4.69) is 56.5 Å². The Balaban J connectivity index is 1.51. The lowest BCUT2D eigenvalue weighted by molar-refractivity contribution is -0.143. The number of carbonyl (C=O) groups is 7. The molecule has 4 atom stereocenters. The molecule has 8 N–H and O–H groups in total. The van der Waals surface area contributed by atoms with E-state index in [4.69, 9.17) is 19.9 Å². The van der Waals surface area contributed by atoms with Crippen molar-refractivity contribution in [2.75, 3.05) is 33.4 Å². The van der Waals surface area contributed by atoms with Gasteiger partial charge in [-0.05, 0) is 75.3 Å². The summed E-state index contributed by atoms with van der Waals surface area (Å²) in [4.78, 5) is 95.0. The molecule has 1 unspecified atom stereocenters.